The highest BCUT2D eigenvalue weighted by molar-refractivity contribution is 7.99. The summed E-state index contributed by atoms with van der Waals surface area (Å²) in [4.78, 5) is 10.2. The van der Waals surface area contributed by atoms with Crippen molar-refractivity contribution >= 4 is 17.7 Å². The van der Waals surface area contributed by atoms with E-state index in [1.54, 1.807) is 0 Å². The quantitative estimate of drug-likeness (QED) is 0.583. The normalized spacial score (nSPS) is 12.7. The SMILES string of the molecule is CCC(N)CSCCCCCC(=O)O. The Balaban J connectivity index is 3.02. The molecule has 0 fully saturated rings. The molecular formula is C10H21NO2S. The number of rotatable bonds is 9. The lowest BCUT2D eigenvalue weighted by molar-refractivity contribution is -0.137. The van der Waals surface area contributed by atoms with Gasteiger partial charge in [-0.25, -0.2) is 0 Å². The lowest BCUT2D eigenvalue weighted by Crippen LogP contribution is -2.21. The van der Waals surface area contributed by atoms with Crippen LogP contribution in [0.4, 0.5) is 0 Å². The Morgan fingerprint density at radius 2 is 2.14 bits per heavy atom. The van der Waals surface area contributed by atoms with E-state index in [1.165, 1.54) is 0 Å². The van der Waals surface area contributed by atoms with Crippen molar-refractivity contribution in [1.29, 1.82) is 0 Å². The molecule has 0 saturated carbocycles. The summed E-state index contributed by atoms with van der Waals surface area (Å²) in [6.07, 6.45) is 4.26. The van der Waals surface area contributed by atoms with E-state index in [9.17, 15) is 4.79 Å². The molecule has 14 heavy (non-hydrogen) atoms. The summed E-state index contributed by atoms with van der Waals surface area (Å²) in [5.41, 5.74) is 5.76. The highest BCUT2D eigenvalue weighted by atomic mass is 32.2. The van der Waals surface area contributed by atoms with Crippen LogP contribution in [0.3, 0.4) is 0 Å². The van der Waals surface area contributed by atoms with Crippen LogP contribution in [0, 0.1) is 0 Å². The van der Waals surface area contributed by atoms with Gasteiger partial charge in [-0.2, -0.15) is 11.8 Å². The summed E-state index contributed by atoms with van der Waals surface area (Å²) >= 11 is 1.87. The van der Waals surface area contributed by atoms with E-state index in [4.69, 9.17) is 10.8 Å². The molecule has 3 nitrogen and oxygen atoms in total. The average molecular weight is 219 g/mol. The first-order chi connectivity index (χ1) is 6.66. The molecule has 0 heterocycles. The van der Waals surface area contributed by atoms with Gasteiger partial charge in [0.15, 0.2) is 0 Å². The molecule has 0 bridgehead atoms. The highest BCUT2D eigenvalue weighted by Gasteiger charge is 1.99. The number of hydrogen-bond acceptors (Lipinski definition) is 3. The fourth-order valence-corrected chi connectivity index (χ4v) is 2.12. The Bertz CT molecular complexity index is 153. The fraction of sp³-hybridized carbons (Fsp3) is 0.900. The van der Waals surface area contributed by atoms with Gasteiger partial charge in [0, 0.05) is 18.2 Å². The molecule has 3 N–H and O–H groups in total. The number of carbonyl (C=O) groups is 1. The van der Waals surface area contributed by atoms with Gasteiger partial charge in [0.25, 0.3) is 0 Å². The van der Waals surface area contributed by atoms with E-state index in [0.29, 0.717) is 12.5 Å². The third-order valence-corrected chi connectivity index (χ3v) is 3.28. The first-order valence-corrected chi connectivity index (χ1v) is 6.37. The molecule has 84 valence electrons. The summed E-state index contributed by atoms with van der Waals surface area (Å²) in [5, 5.41) is 8.40. The predicted molar refractivity (Wildman–Crippen MR) is 61.7 cm³/mol. The number of unbranched alkanes of at least 4 members (excludes halogenated alkanes) is 2. The van der Waals surface area contributed by atoms with Crippen molar-refractivity contribution in [2.45, 2.75) is 45.1 Å². The molecule has 1 atom stereocenters. The Morgan fingerprint density at radius 3 is 2.71 bits per heavy atom. The van der Waals surface area contributed by atoms with Gasteiger partial charge in [-0.05, 0) is 25.0 Å². The van der Waals surface area contributed by atoms with E-state index in [2.05, 4.69) is 6.92 Å². The molecule has 0 radical (unpaired) electrons. The van der Waals surface area contributed by atoms with Crippen LogP contribution in [0.1, 0.15) is 39.0 Å². The Labute approximate surface area is 90.4 Å². The van der Waals surface area contributed by atoms with Crippen molar-refractivity contribution in [3.05, 3.63) is 0 Å². The molecule has 0 aliphatic heterocycles. The Hall–Kier alpha value is -0.220. The standard InChI is InChI=1S/C10H21NO2S/c1-2-9(11)8-14-7-5-3-4-6-10(12)13/h9H,2-8,11H2,1H3,(H,12,13). The minimum Gasteiger partial charge on any atom is -0.481 e. The van der Waals surface area contributed by atoms with Gasteiger partial charge in [0.05, 0.1) is 0 Å². The van der Waals surface area contributed by atoms with Crippen molar-refractivity contribution in [2.24, 2.45) is 5.73 Å². The molecule has 0 aromatic heterocycles. The molecule has 0 rings (SSSR count). The molecule has 0 aliphatic rings. The summed E-state index contributed by atoms with van der Waals surface area (Å²) in [5.74, 6) is 1.44. The number of carboxylic acid groups (broad SMARTS) is 1. The molecule has 4 heteroatoms. The maximum atomic E-state index is 10.2. The number of aliphatic carboxylic acids is 1. The van der Waals surface area contributed by atoms with E-state index >= 15 is 0 Å². The molecule has 0 amide bonds. The first-order valence-electron chi connectivity index (χ1n) is 5.22. The summed E-state index contributed by atoms with van der Waals surface area (Å²) in [6.45, 7) is 2.10. The van der Waals surface area contributed by atoms with Gasteiger partial charge < -0.3 is 10.8 Å². The summed E-state index contributed by atoms with van der Waals surface area (Å²) in [6, 6.07) is 0.319. The zero-order valence-electron chi connectivity index (χ0n) is 8.87. The van der Waals surface area contributed by atoms with E-state index in [-0.39, 0.29) is 0 Å². The topological polar surface area (TPSA) is 63.3 Å². The smallest absolute Gasteiger partial charge is 0.303 e. The maximum absolute atomic E-state index is 10.2. The summed E-state index contributed by atoms with van der Waals surface area (Å²) < 4.78 is 0. The van der Waals surface area contributed by atoms with Crippen LogP contribution in [0.25, 0.3) is 0 Å². The second-order valence-electron chi connectivity index (χ2n) is 3.45. The van der Waals surface area contributed by atoms with Crippen LogP contribution < -0.4 is 5.73 Å². The zero-order valence-corrected chi connectivity index (χ0v) is 9.68. The maximum Gasteiger partial charge on any atom is 0.303 e. The second-order valence-corrected chi connectivity index (χ2v) is 4.60. The van der Waals surface area contributed by atoms with Crippen LogP contribution >= 0.6 is 11.8 Å². The molecule has 0 saturated heterocycles. The minimum absolute atomic E-state index is 0.305. The van der Waals surface area contributed by atoms with Crippen molar-refractivity contribution in [2.75, 3.05) is 11.5 Å². The van der Waals surface area contributed by atoms with Gasteiger partial charge in [0.1, 0.15) is 0 Å². The van der Waals surface area contributed by atoms with E-state index in [1.807, 2.05) is 11.8 Å². The van der Waals surface area contributed by atoms with Crippen LogP contribution in [-0.2, 0) is 4.79 Å². The Morgan fingerprint density at radius 1 is 1.43 bits per heavy atom. The van der Waals surface area contributed by atoms with Gasteiger partial charge in [0.2, 0.25) is 0 Å². The lowest BCUT2D eigenvalue weighted by atomic mass is 10.2. The first kappa shape index (κ1) is 13.8. The number of thioether (sulfide) groups is 1. The van der Waals surface area contributed by atoms with E-state index in [0.717, 1.165) is 37.2 Å². The molecule has 0 aromatic rings. The van der Waals surface area contributed by atoms with Crippen molar-refractivity contribution in [3.8, 4) is 0 Å². The third kappa shape index (κ3) is 9.86. The summed E-state index contributed by atoms with van der Waals surface area (Å²) in [7, 11) is 0. The number of nitrogens with two attached hydrogens (primary N) is 1. The van der Waals surface area contributed by atoms with E-state index < -0.39 is 5.97 Å². The van der Waals surface area contributed by atoms with Gasteiger partial charge in [-0.1, -0.05) is 13.3 Å². The number of carboxylic acids is 1. The molecule has 0 aliphatic carbocycles. The predicted octanol–water partition coefficient (Wildman–Crippen LogP) is 2.10. The van der Waals surface area contributed by atoms with Gasteiger partial charge in [-0.15, -0.1) is 0 Å². The number of hydrogen-bond donors (Lipinski definition) is 2. The van der Waals surface area contributed by atoms with Crippen LogP contribution in [-0.4, -0.2) is 28.6 Å². The van der Waals surface area contributed by atoms with Crippen molar-refractivity contribution in [1.82, 2.24) is 0 Å². The van der Waals surface area contributed by atoms with Crippen molar-refractivity contribution in [3.63, 3.8) is 0 Å². The largest absolute Gasteiger partial charge is 0.481 e. The van der Waals surface area contributed by atoms with Crippen molar-refractivity contribution < 1.29 is 9.90 Å². The highest BCUT2D eigenvalue weighted by Crippen LogP contribution is 2.09. The second kappa shape index (κ2) is 9.34. The van der Waals surface area contributed by atoms with Crippen LogP contribution in [0.5, 0.6) is 0 Å². The monoisotopic (exact) mass is 219 g/mol. The minimum atomic E-state index is -0.689. The average Bonchev–Trinajstić information content (AvgIpc) is 2.15. The zero-order chi connectivity index (χ0) is 10.8. The van der Waals surface area contributed by atoms with Gasteiger partial charge >= 0.3 is 5.97 Å². The molecule has 0 aromatic carbocycles. The lowest BCUT2D eigenvalue weighted by Gasteiger charge is -2.07. The fourth-order valence-electron chi connectivity index (χ4n) is 1.01. The van der Waals surface area contributed by atoms with Gasteiger partial charge in [-0.3, -0.25) is 4.79 Å². The third-order valence-electron chi connectivity index (χ3n) is 2.04. The molecule has 0 spiro atoms. The van der Waals surface area contributed by atoms with Crippen LogP contribution in [0.2, 0.25) is 0 Å². The molecular weight excluding hydrogens is 198 g/mol. The van der Waals surface area contributed by atoms with Crippen LogP contribution in [0.15, 0.2) is 0 Å². The molecule has 1 unspecified atom stereocenters. The Kier molecular flexibility index (Phi) is 9.19.